The lowest BCUT2D eigenvalue weighted by molar-refractivity contribution is -0.388. The van der Waals surface area contributed by atoms with E-state index in [1.165, 1.54) is 19.4 Å². The van der Waals surface area contributed by atoms with E-state index in [1.807, 2.05) is 0 Å². The van der Waals surface area contributed by atoms with Crippen molar-refractivity contribution >= 4 is 0 Å². The average Bonchev–Trinajstić information content (AvgIpc) is 3.60. The maximum Gasteiger partial charge on any atom is 0.187 e. The minimum Gasteiger partial charge on any atom is -0.394 e. The zero-order chi connectivity index (χ0) is 44.4. The lowest BCUT2D eigenvalue weighted by atomic mass is 9.44. The molecule has 16 heteroatoms. The van der Waals surface area contributed by atoms with Crippen molar-refractivity contribution in [2.45, 2.75) is 216 Å². The molecule has 0 aromatic rings. The minimum atomic E-state index is -1.71. The SMILES string of the molecule is CC1CCC2(OC1)OC1CC3C4CC=C5CC(OC6OC(CO)C(OC7OC(C)C(O)C(O)C7O)C(O)C6OC6OC(C)C(O)C(O)C6O)CCC5(C)C4CCC3(C)C1(C)C2C. The van der Waals surface area contributed by atoms with E-state index in [0.29, 0.717) is 42.4 Å². The number of hydrogen-bond acceptors (Lipinski definition) is 16. The summed E-state index contributed by atoms with van der Waals surface area (Å²) in [7, 11) is 0. The van der Waals surface area contributed by atoms with Crippen LogP contribution in [0.4, 0.5) is 0 Å². The van der Waals surface area contributed by atoms with E-state index in [2.05, 4.69) is 40.7 Å². The molecule has 354 valence electrons. The zero-order valence-electron chi connectivity index (χ0n) is 37.4. The van der Waals surface area contributed by atoms with Gasteiger partial charge in [-0.3, -0.25) is 0 Å². The Kier molecular flexibility index (Phi) is 12.5. The van der Waals surface area contributed by atoms with E-state index in [0.717, 1.165) is 51.6 Å². The van der Waals surface area contributed by atoms with Gasteiger partial charge in [0, 0.05) is 17.8 Å². The highest BCUT2D eigenvalue weighted by Gasteiger charge is 2.74. The van der Waals surface area contributed by atoms with Crippen molar-refractivity contribution in [2.75, 3.05) is 13.2 Å². The summed E-state index contributed by atoms with van der Waals surface area (Å²) in [6.07, 6.45) is -10.6. The predicted molar refractivity (Wildman–Crippen MR) is 217 cm³/mol. The molecule has 0 radical (unpaired) electrons. The third kappa shape index (κ3) is 7.06. The molecular formula is C46H74O16. The second kappa shape index (κ2) is 16.7. The molecule has 4 aliphatic carbocycles. The van der Waals surface area contributed by atoms with Crippen molar-refractivity contribution in [1.82, 2.24) is 0 Å². The Morgan fingerprint density at radius 1 is 0.677 bits per heavy atom. The van der Waals surface area contributed by atoms with Crippen molar-refractivity contribution in [3.05, 3.63) is 11.6 Å². The lowest BCUT2D eigenvalue weighted by Gasteiger charge is -2.60. The van der Waals surface area contributed by atoms with Crippen LogP contribution >= 0.6 is 0 Å². The first-order valence-electron chi connectivity index (χ1n) is 23.6. The van der Waals surface area contributed by atoms with Crippen molar-refractivity contribution in [3.8, 4) is 0 Å². The zero-order valence-corrected chi connectivity index (χ0v) is 37.4. The molecule has 5 heterocycles. The maximum absolute atomic E-state index is 12.0. The number of allylic oxidation sites excluding steroid dienone is 1. The van der Waals surface area contributed by atoms with Gasteiger partial charge in [-0.05, 0) is 99.7 Å². The van der Waals surface area contributed by atoms with Gasteiger partial charge in [-0.2, -0.15) is 0 Å². The van der Waals surface area contributed by atoms with Crippen LogP contribution in [-0.4, -0.2) is 164 Å². The molecule has 3 saturated carbocycles. The van der Waals surface area contributed by atoms with Crippen LogP contribution in [0.2, 0.25) is 0 Å². The Hall–Kier alpha value is -0.900. The number of rotatable bonds is 7. The van der Waals surface area contributed by atoms with Gasteiger partial charge >= 0.3 is 0 Å². The van der Waals surface area contributed by atoms with Crippen molar-refractivity contribution in [3.63, 3.8) is 0 Å². The fourth-order valence-corrected chi connectivity index (χ4v) is 14.3. The molecule has 1 spiro atoms. The van der Waals surface area contributed by atoms with Gasteiger partial charge < -0.3 is 78.7 Å². The fraction of sp³-hybridized carbons (Fsp3) is 0.957. The number of fused-ring (bicyclic) bond motifs is 7. The molecule has 9 rings (SSSR count). The first kappa shape index (κ1) is 46.2. The monoisotopic (exact) mass is 882 g/mol. The number of aliphatic hydroxyl groups excluding tert-OH is 8. The van der Waals surface area contributed by atoms with Gasteiger partial charge in [0.1, 0.15) is 61.0 Å². The molecular weight excluding hydrogens is 808 g/mol. The molecule has 8 N–H and O–H groups in total. The molecule has 16 nitrogen and oxygen atoms in total. The summed E-state index contributed by atoms with van der Waals surface area (Å²) in [4.78, 5) is 0. The first-order chi connectivity index (χ1) is 29.3. The average molecular weight is 883 g/mol. The predicted octanol–water partition coefficient (Wildman–Crippen LogP) is 1.63. The van der Waals surface area contributed by atoms with Gasteiger partial charge in [-0.15, -0.1) is 0 Å². The van der Waals surface area contributed by atoms with Gasteiger partial charge in [-0.25, -0.2) is 0 Å². The van der Waals surface area contributed by atoms with E-state index >= 15 is 0 Å². The molecule has 0 aromatic heterocycles. The summed E-state index contributed by atoms with van der Waals surface area (Å²) in [5.74, 6) is 1.98. The lowest BCUT2D eigenvalue weighted by Crippen LogP contribution is -2.66. The van der Waals surface area contributed by atoms with Gasteiger partial charge in [0.2, 0.25) is 0 Å². The maximum atomic E-state index is 12.0. The highest BCUT2D eigenvalue weighted by molar-refractivity contribution is 5.28. The second-order valence-electron chi connectivity index (χ2n) is 21.6. The number of ether oxygens (including phenoxy) is 8. The van der Waals surface area contributed by atoms with Crippen LogP contribution in [0.1, 0.15) is 106 Å². The van der Waals surface area contributed by atoms with Crippen LogP contribution in [0, 0.1) is 45.8 Å². The highest BCUT2D eigenvalue weighted by Crippen LogP contribution is 2.75. The van der Waals surface area contributed by atoms with Crippen LogP contribution in [0.15, 0.2) is 11.6 Å². The first-order valence-corrected chi connectivity index (χ1v) is 23.6. The van der Waals surface area contributed by atoms with Crippen LogP contribution in [-0.2, 0) is 37.9 Å². The summed E-state index contributed by atoms with van der Waals surface area (Å²) in [5, 5.41) is 86.0. The van der Waals surface area contributed by atoms with Gasteiger partial charge in [0.25, 0.3) is 0 Å². The van der Waals surface area contributed by atoms with Crippen LogP contribution in [0.5, 0.6) is 0 Å². The Morgan fingerprint density at radius 3 is 1.94 bits per heavy atom. The Balaban J connectivity index is 0.924. The molecule has 0 bridgehead atoms. The summed E-state index contributed by atoms with van der Waals surface area (Å²) in [6.45, 7) is 15.3. The molecule has 26 unspecified atom stereocenters. The van der Waals surface area contributed by atoms with Crippen molar-refractivity contribution < 1.29 is 78.7 Å². The largest absolute Gasteiger partial charge is 0.394 e. The minimum absolute atomic E-state index is 0.0271. The van der Waals surface area contributed by atoms with Gasteiger partial charge in [0.05, 0.1) is 37.6 Å². The van der Waals surface area contributed by atoms with E-state index in [4.69, 9.17) is 37.9 Å². The Labute approximate surface area is 365 Å². The van der Waals surface area contributed by atoms with E-state index in [1.54, 1.807) is 0 Å². The highest BCUT2D eigenvalue weighted by atomic mass is 16.8. The summed E-state index contributed by atoms with van der Waals surface area (Å²) in [5.41, 5.74) is 1.48. The molecule has 0 amide bonds. The molecule has 8 fully saturated rings. The molecule has 26 atom stereocenters. The van der Waals surface area contributed by atoms with Crippen LogP contribution in [0.3, 0.4) is 0 Å². The van der Waals surface area contributed by atoms with E-state index in [-0.39, 0.29) is 28.5 Å². The summed E-state index contributed by atoms with van der Waals surface area (Å²) >= 11 is 0. The fourth-order valence-electron chi connectivity index (χ4n) is 14.3. The Bertz CT molecular complexity index is 1640. The van der Waals surface area contributed by atoms with E-state index in [9.17, 15) is 40.9 Å². The number of hydrogen-bond donors (Lipinski definition) is 8. The third-order valence-electron chi connectivity index (χ3n) is 18.6. The van der Waals surface area contributed by atoms with Crippen LogP contribution < -0.4 is 0 Å². The summed E-state index contributed by atoms with van der Waals surface area (Å²) < 4.78 is 50.4. The quantitative estimate of drug-likeness (QED) is 0.170. The molecule has 9 aliphatic rings. The van der Waals surface area contributed by atoms with Crippen molar-refractivity contribution in [2.24, 2.45) is 45.8 Å². The van der Waals surface area contributed by atoms with E-state index < -0.39 is 105 Å². The third-order valence-corrected chi connectivity index (χ3v) is 18.6. The molecule has 62 heavy (non-hydrogen) atoms. The standard InChI is InChI=1S/C46H74O16/c1-20-10-15-46(55-19-20)23(4)45(7)30(62-46)17-28-26-9-8-24-16-25(11-13-43(24,5)27(26)12-14-44(28,45)6)58-42-39(61-41-36(53)34(51)32(49)22(3)57-41)37(54)38(29(18-47)59-42)60-40-35(52)33(50)31(48)21(2)56-40/h8,20-23,25-42,47-54H,9-19H2,1-7H3. The Morgan fingerprint density at radius 2 is 1.32 bits per heavy atom. The normalized spacial score (nSPS) is 58.9. The van der Waals surface area contributed by atoms with Gasteiger partial charge in [0.15, 0.2) is 24.7 Å². The second-order valence-corrected chi connectivity index (χ2v) is 21.6. The smallest absolute Gasteiger partial charge is 0.187 e. The van der Waals surface area contributed by atoms with Gasteiger partial charge in [-0.1, -0.05) is 46.3 Å². The molecule has 0 aromatic carbocycles. The number of aliphatic hydroxyl groups is 8. The molecule has 5 aliphatic heterocycles. The molecule has 5 saturated heterocycles. The topological polar surface area (TPSA) is 236 Å². The van der Waals surface area contributed by atoms with Crippen LogP contribution in [0.25, 0.3) is 0 Å². The van der Waals surface area contributed by atoms with Crippen molar-refractivity contribution in [1.29, 1.82) is 0 Å². The summed E-state index contributed by atoms with van der Waals surface area (Å²) in [6, 6.07) is 0.